The maximum atomic E-state index is 11.7. The molecule has 0 aliphatic rings. The highest BCUT2D eigenvalue weighted by atomic mass is 16.6. The number of urea groups is 1. The summed E-state index contributed by atoms with van der Waals surface area (Å²) in [5.41, 5.74) is 6.25. The summed E-state index contributed by atoms with van der Waals surface area (Å²) in [6, 6.07) is 12.7. The van der Waals surface area contributed by atoms with Crippen molar-refractivity contribution in [2.24, 2.45) is 0 Å². The Bertz CT molecular complexity index is 705. The summed E-state index contributed by atoms with van der Waals surface area (Å²) >= 11 is 0. The van der Waals surface area contributed by atoms with Gasteiger partial charge in [0.2, 0.25) is 0 Å². The van der Waals surface area contributed by atoms with Crippen LogP contribution in [0.15, 0.2) is 48.5 Å². The third kappa shape index (κ3) is 4.88. The van der Waals surface area contributed by atoms with Gasteiger partial charge in [0.25, 0.3) is 5.69 Å². The molecule has 2 rings (SSSR count). The van der Waals surface area contributed by atoms with Gasteiger partial charge in [-0.15, -0.1) is 0 Å². The van der Waals surface area contributed by atoms with Crippen LogP contribution in [0.5, 0.6) is 5.75 Å². The highest BCUT2D eigenvalue weighted by molar-refractivity contribution is 5.75. The van der Waals surface area contributed by atoms with Gasteiger partial charge in [-0.3, -0.25) is 21.0 Å². The number of nitro groups is 1. The van der Waals surface area contributed by atoms with Gasteiger partial charge in [-0.1, -0.05) is 18.2 Å². The van der Waals surface area contributed by atoms with Crippen LogP contribution in [0.3, 0.4) is 0 Å². The summed E-state index contributed by atoms with van der Waals surface area (Å²) in [5.74, 6) is 0.708. The van der Waals surface area contributed by atoms with Crippen LogP contribution in [-0.4, -0.2) is 18.1 Å². The molecule has 120 valence electrons. The Kier molecular flexibility index (Phi) is 5.35. The van der Waals surface area contributed by atoms with Crippen molar-refractivity contribution < 1.29 is 14.5 Å². The fourth-order valence-corrected chi connectivity index (χ4v) is 1.84. The summed E-state index contributed by atoms with van der Waals surface area (Å²) in [6.45, 7) is 0.319. The number of hydrazine groups is 1. The number of amides is 2. The first-order valence-electron chi connectivity index (χ1n) is 6.76. The van der Waals surface area contributed by atoms with Crippen molar-refractivity contribution >= 4 is 17.4 Å². The molecule has 23 heavy (non-hydrogen) atoms. The molecule has 8 nitrogen and oxygen atoms in total. The number of methoxy groups -OCH3 is 1. The second-order valence-electron chi connectivity index (χ2n) is 4.59. The molecule has 0 aromatic heterocycles. The van der Waals surface area contributed by atoms with E-state index in [1.165, 1.54) is 18.2 Å². The molecule has 0 saturated carbocycles. The van der Waals surface area contributed by atoms with Crippen LogP contribution in [0.2, 0.25) is 0 Å². The Morgan fingerprint density at radius 2 is 2.00 bits per heavy atom. The normalized spacial score (nSPS) is 9.78. The van der Waals surface area contributed by atoms with Gasteiger partial charge in [-0.05, 0) is 23.8 Å². The number of anilines is 1. The molecule has 0 aliphatic heterocycles. The lowest BCUT2D eigenvalue weighted by Crippen LogP contribution is -2.38. The molecule has 0 bridgehead atoms. The largest absolute Gasteiger partial charge is 0.497 e. The number of nitrogens with one attached hydrogen (secondary N) is 3. The van der Waals surface area contributed by atoms with E-state index in [0.717, 1.165) is 5.56 Å². The van der Waals surface area contributed by atoms with Gasteiger partial charge in [0.1, 0.15) is 5.75 Å². The summed E-state index contributed by atoms with van der Waals surface area (Å²) in [5, 5.41) is 13.3. The minimum Gasteiger partial charge on any atom is -0.497 e. The molecule has 0 unspecified atom stereocenters. The number of carbonyl (C=O) groups excluding carboxylic acids is 1. The van der Waals surface area contributed by atoms with E-state index in [2.05, 4.69) is 16.2 Å². The molecule has 0 heterocycles. The number of ether oxygens (including phenoxy) is 1. The number of hydrogen-bond acceptors (Lipinski definition) is 5. The molecule has 2 aromatic carbocycles. The SMILES string of the molecule is COc1cccc(CNC(=O)NNc2cccc([N+](=O)[O-])c2)c1. The number of non-ortho nitro benzene ring substituents is 1. The number of carbonyl (C=O) groups is 1. The Balaban J connectivity index is 1.83. The van der Waals surface area contributed by atoms with Crippen molar-refractivity contribution in [1.29, 1.82) is 0 Å². The molecule has 0 radical (unpaired) electrons. The van der Waals surface area contributed by atoms with Crippen molar-refractivity contribution in [3.63, 3.8) is 0 Å². The molecule has 0 atom stereocenters. The molecular weight excluding hydrogens is 300 g/mol. The van der Waals surface area contributed by atoms with Crippen molar-refractivity contribution in [3.05, 3.63) is 64.2 Å². The lowest BCUT2D eigenvalue weighted by Gasteiger charge is -2.10. The quantitative estimate of drug-likeness (QED) is 0.560. The van der Waals surface area contributed by atoms with Crippen LogP contribution >= 0.6 is 0 Å². The maximum Gasteiger partial charge on any atom is 0.333 e. The van der Waals surface area contributed by atoms with Crippen molar-refractivity contribution in [2.45, 2.75) is 6.54 Å². The first-order chi connectivity index (χ1) is 11.1. The standard InChI is InChI=1S/C15H16N4O4/c1-23-14-7-2-4-11(8-14)10-16-15(20)18-17-12-5-3-6-13(9-12)19(21)22/h2-9,17H,10H2,1H3,(H2,16,18,20). The van der Waals surface area contributed by atoms with E-state index in [1.807, 2.05) is 24.3 Å². The summed E-state index contributed by atoms with van der Waals surface area (Å²) in [7, 11) is 1.57. The van der Waals surface area contributed by atoms with Crippen molar-refractivity contribution in [2.75, 3.05) is 12.5 Å². The van der Waals surface area contributed by atoms with E-state index in [0.29, 0.717) is 18.0 Å². The van der Waals surface area contributed by atoms with E-state index >= 15 is 0 Å². The molecule has 0 saturated heterocycles. The summed E-state index contributed by atoms with van der Waals surface area (Å²) < 4.78 is 5.10. The average Bonchev–Trinajstić information content (AvgIpc) is 2.58. The fraction of sp³-hybridized carbons (Fsp3) is 0.133. The van der Waals surface area contributed by atoms with Gasteiger partial charge < -0.3 is 10.1 Å². The number of hydrogen-bond donors (Lipinski definition) is 3. The zero-order valence-corrected chi connectivity index (χ0v) is 12.4. The third-order valence-electron chi connectivity index (χ3n) is 2.96. The lowest BCUT2D eigenvalue weighted by molar-refractivity contribution is -0.384. The van der Waals surface area contributed by atoms with Crippen LogP contribution in [0.1, 0.15) is 5.56 Å². The Hall–Kier alpha value is -3.29. The molecule has 2 aromatic rings. The highest BCUT2D eigenvalue weighted by Crippen LogP contribution is 2.16. The van der Waals surface area contributed by atoms with Gasteiger partial charge in [-0.2, -0.15) is 0 Å². The molecule has 0 fully saturated rings. The lowest BCUT2D eigenvalue weighted by atomic mass is 10.2. The molecule has 0 spiro atoms. The molecule has 0 aliphatic carbocycles. The van der Waals surface area contributed by atoms with E-state index < -0.39 is 11.0 Å². The Labute approximate surface area is 132 Å². The second-order valence-corrected chi connectivity index (χ2v) is 4.59. The molecule has 3 N–H and O–H groups in total. The van der Waals surface area contributed by atoms with Gasteiger partial charge in [0.05, 0.1) is 17.7 Å². The van der Waals surface area contributed by atoms with E-state index in [4.69, 9.17) is 4.74 Å². The first-order valence-corrected chi connectivity index (χ1v) is 6.76. The molecular formula is C15H16N4O4. The minimum atomic E-state index is -0.506. The predicted octanol–water partition coefficient (Wildman–Crippen LogP) is 2.43. The van der Waals surface area contributed by atoms with Crippen LogP contribution in [-0.2, 0) is 6.54 Å². The smallest absolute Gasteiger partial charge is 0.333 e. The third-order valence-corrected chi connectivity index (χ3v) is 2.96. The van der Waals surface area contributed by atoms with Crippen molar-refractivity contribution in [1.82, 2.24) is 10.7 Å². The number of benzene rings is 2. The van der Waals surface area contributed by atoms with Crippen LogP contribution in [0.4, 0.5) is 16.2 Å². The highest BCUT2D eigenvalue weighted by Gasteiger charge is 2.06. The van der Waals surface area contributed by atoms with E-state index in [1.54, 1.807) is 13.2 Å². The first kappa shape index (κ1) is 16.1. The molecule has 2 amide bonds. The topological polar surface area (TPSA) is 106 Å². The zero-order chi connectivity index (χ0) is 16.7. The van der Waals surface area contributed by atoms with Crippen LogP contribution < -0.4 is 20.9 Å². The Morgan fingerprint density at radius 3 is 2.74 bits per heavy atom. The van der Waals surface area contributed by atoms with Gasteiger partial charge in [0.15, 0.2) is 0 Å². The zero-order valence-electron chi connectivity index (χ0n) is 12.4. The fourth-order valence-electron chi connectivity index (χ4n) is 1.84. The predicted molar refractivity (Wildman–Crippen MR) is 85.1 cm³/mol. The summed E-state index contributed by atoms with van der Waals surface area (Å²) in [4.78, 5) is 21.9. The van der Waals surface area contributed by atoms with Gasteiger partial charge in [-0.25, -0.2) is 4.79 Å². The maximum absolute atomic E-state index is 11.7. The van der Waals surface area contributed by atoms with E-state index in [-0.39, 0.29) is 5.69 Å². The van der Waals surface area contributed by atoms with E-state index in [9.17, 15) is 14.9 Å². The number of rotatable bonds is 6. The Morgan fingerprint density at radius 1 is 1.22 bits per heavy atom. The number of nitrogens with zero attached hydrogens (tertiary/aromatic N) is 1. The second kappa shape index (κ2) is 7.64. The van der Waals surface area contributed by atoms with Gasteiger partial charge in [0, 0.05) is 18.7 Å². The summed E-state index contributed by atoms with van der Waals surface area (Å²) in [6.07, 6.45) is 0. The minimum absolute atomic E-state index is 0.0615. The average molecular weight is 316 g/mol. The van der Waals surface area contributed by atoms with Crippen LogP contribution in [0.25, 0.3) is 0 Å². The van der Waals surface area contributed by atoms with Crippen LogP contribution in [0, 0.1) is 10.1 Å². The molecule has 8 heteroatoms. The monoisotopic (exact) mass is 316 g/mol. The van der Waals surface area contributed by atoms with Crippen molar-refractivity contribution in [3.8, 4) is 5.75 Å². The number of nitro benzene ring substituents is 1. The van der Waals surface area contributed by atoms with Gasteiger partial charge >= 0.3 is 6.03 Å².